The lowest BCUT2D eigenvalue weighted by molar-refractivity contribution is -0.142. The standard InChI is InChI=1S/C21H28N4O2/c26-21(17-7-6-8-17)25-13-5-4-9-19(25)12-14-24-15-18(22-23-24)16-27-20-10-2-1-3-11-20/h1-3,10-11,15,17,19H,4-9,12-14,16H2. The molecule has 0 N–H and O–H groups in total. The van der Waals surface area contributed by atoms with E-state index in [0.29, 0.717) is 24.5 Å². The van der Waals surface area contributed by atoms with Crippen molar-refractivity contribution >= 4 is 5.91 Å². The number of ether oxygens (including phenoxy) is 1. The summed E-state index contributed by atoms with van der Waals surface area (Å²) >= 11 is 0. The number of benzene rings is 1. The lowest BCUT2D eigenvalue weighted by atomic mass is 9.83. The van der Waals surface area contributed by atoms with E-state index >= 15 is 0 Å². The van der Waals surface area contributed by atoms with Crippen LogP contribution in [0.15, 0.2) is 36.5 Å². The third-order valence-electron chi connectivity index (χ3n) is 5.77. The number of para-hydroxylation sites is 1. The maximum Gasteiger partial charge on any atom is 0.225 e. The number of amides is 1. The van der Waals surface area contributed by atoms with Crippen LogP contribution in [-0.4, -0.2) is 38.4 Å². The average molecular weight is 368 g/mol. The molecule has 1 amide bonds. The van der Waals surface area contributed by atoms with Crippen LogP contribution in [0.3, 0.4) is 0 Å². The van der Waals surface area contributed by atoms with Gasteiger partial charge in [-0.25, -0.2) is 0 Å². The molecule has 1 aliphatic heterocycles. The first-order valence-corrected chi connectivity index (χ1v) is 10.2. The fraction of sp³-hybridized carbons (Fsp3) is 0.571. The lowest BCUT2D eigenvalue weighted by Gasteiger charge is -2.40. The Morgan fingerprint density at radius 1 is 1.11 bits per heavy atom. The van der Waals surface area contributed by atoms with Gasteiger partial charge in [-0.05, 0) is 50.7 Å². The summed E-state index contributed by atoms with van der Waals surface area (Å²) in [4.78, 5) is 14.9. The molecule has 1 aliphatic carbocycles. The summed E-state index contributed by atoms with van der Waals surface area (Å²) in [6.45, 7) is 2.13. The highest BCUT2D eigenvalue weighted by molar-refractivity contribution is 5.80. The monoisotopic (exact) mass is 368 g/mol. The number of aromatic nitrogens is 3. The molecule has 1 saturated heterocycles. The highest BCUT2D eigenvalue weighted by Crippen LogP contribution is 2.31. The molecule has 2 fully saturated rings. The number of nitrogens with zero attached hydrogens (tertiary/aromatic N) is 4. The van der Waals surface area contributed by atoms with E-state index < -0.39 is 0 Å². The van der Waals surface area contributed by atoms with Crippen molar-refractivity contribution in [3.63, 3.8) is 0 Å². The summed E-state index contributed by atoms with van der Waals surface area (Å²) in [6.07, 6.45) is 9.72. The van der Waals surface area contributed by atoms with E-state index in [9.17, 15) is 4.79 Å². The molecule has 2 heterocycles. The molecule has 27 heavy (non-hydrogen) atoms. The fourth-order valence-corrected chi connectivity index (χ4v) is 3.95. The van der Waals surface area contributed by atoms with Gasteiger partial charge >= 0.3 is 0 Å². The zero-order valence-corrected chi connectivity index (χ0v) is 15.8. The molecule has 0 bridgehead atoms. The second-order valence-corrected chi connectivity index (χ2v) is 7.67. The van der Waals surface area contributed by atoms with Crippen molar-refractivity contribution < 1.29 is 9.53 Å². The molecule has 1 aromatic carbocycles. The third kappa shape index (κ3) is 4.49. The quantitative estimate of drug-likeness (QED) is 0.751. The van der Waals surface area contributed by atoms with Gasteiger partial charge in [0.15, 0.2) is 0 Å². The van der Waals surface area contributed by atoms with Crippen LogP contribution in [0.1, 0.15) is 50.6 Å². The first-order chi connectivity index (χ1) is 13.3. The minimum atomic E-state index is 0.290. The summed E-state index contributed by atoms with van der Waals surface area (Å²) < 4.78 is 7.60. The zero-order valence-electron chi connectivity index (χ0n) is 15.8. The van der Waals surface area contributed by atoms with Crippen LogP contribution in [0.5, 0.6) is 5.75 Å². The van der Waals surface area contributed by atoms with Gasteiger partial charge in [-0.3, -0.25) is 9.48 Å². The van der Waals surface area contributed by atoms with E-state index in [2.05, 4.69) is 15.2 Å². The van der Waals surface area contributed by atoms with Gasteiger partial charge in [0.1, 0.15) is 18.1 Å². The van der Waals surface area contributed by atoms with Gasteiger partial charge in [-0.2, -0.15) is 0 Å². The predicted molar refractivity (Wildman–Crippen MR) is 102 cm³/mol. The first-order valence-electron chi connectivity index (χ1n) is 10.2. The Labute approximate surface area is 160 Å². The number of piperidine rings is 1. The van der Waals surface area contributed by atoms with Crippen molar-refractivity contribution in [3.8, 4) is 5.75 Å². The highest BCUT2D eigenvalue weighted by atomic mass is 16.5. The van der Waals surface area contributed by atoms with Gasteiger partial charge in [0, 0.05) is 25.0 Å². The van der Waals surface area contributed by atoms with Crippen molar-refractivity contribution in [3.05, 3.63) is 42.2 Å². The molecular formula is C21H28N4O2. The third-order valence-corrected chi connectivity index (χ3v) is 5.77. The Balaban J connectivity index is 1.28. The number of likely N-dealkylation sites (tertiary alicyclic amines) is 1. The van der Waals surface area contributed by atoms with Gasteiger partial charge in [-0.1, -0.05) is 29.8 Å². The van der Waals surface area contributed by atoms with Crippen LogP contribution in [0.25, 0.3) is 0 Å². The molecule has 1 saturated carbocycles. The van der Waals surface area contributed by atoms with Crippen LogP contribution in [0.4, 0.5) is 0 Å². The van der Waals surface area contributed by atoms with Gasteiger partial charge < -0.3 is 9.64 Å². The molecule has 6 heteroatoms. The molecule has 6 nitrogen and oxygen atoms in total. The van der Waals surface area contributed by atoms with Crippen molar-refractivity contribution in [2.75, 3.05) is 6.54 Å². The molecule has 2 aliphatic rings. The molecule has 0 spiro atoms. The summed E-state index contributed by atoms with van der Waals surface area (Å²) in [5.74, 6) is 1.51. The SMILES string of the molecule is O=C(C1CCC1)N1CCCCC1CCn1cc(COc2ccccc2)nn1. The minimum absolute atomic E-state index is 0.290. The predicted octanol–water partition coefficient (Wildman–Crippen LogP) is 3.43. The molecule has 2 aromatic rings. The van der Waals surface area contributed by atoms with E-state index in [-0.39, 0.29) is 0 Å². The Bertz CT molecular complexity index is 742. The summed E-state index contributed by atoms with van der Waals surface area (Å²) in [5.41, 5.74) is 0.824. The molecule has 144 valence electrons. The molecule has 1 aromatic heterocycles. The number of rotatable bonds is 7. The van der Waals surface area contributed by atoms with E-state index in [1.807, 2.05) is 41.2 Å². The number of hydrogen-bond donors (Lipinski definition) is 0. The molecule has 0 radical (unpaired) electrons. The van der Waals surface area contributed by atoms with Crippen molar-refractivity contribution in [1.82, 2.24) is 19.9 Å². The Kier molecular flexibility index (Phi) is 5.70. The van der Waals surface area contributed by atoms with Gasteiger partial charge in [0.05, 0.1) is 6.20 Å². The average Bonchev–Trinajstić information content (AvgIpc) is 3.12. The van der Waals surface area contributed by atoms with E-state index in [1.165, 1.54) is 12.8 Å². The Morgan fingerprint density at radius 3 is 2.74 bits per heavy atom. The van der Waals surface area contributed by atoms with Gasteiger partial charge in [-0.15, -0.1) is 5.10 Å². The number of aryl methyl sites for hydroxylation is 1. The van der Waals surface area contributed by atoms with E-state index in [0.717, 1.165) is 56.6 Å². The molecular weight excluding hydrogens is 340 g/mol. The fourth-order valence-electron chi connectivity index (χ4n) is 3.95. The largest absolute Gasteiger partial charge is 0.487 e. The second kappa shape index (κ2) is 8.55. The van der Waals surface area contributed by atoms with Crippen molar-refractivity contribution in [2.24, 2.45) is 5.92 Å². The van der Waals surface area contributed by atoms with Crippen LogP contribution >= 0.6 is 0 Å². The van der Waals surface area contributed by atoms with Crippen molar-refractivity contribution in [1.29, 1.82) is 0 Å². The van der Waals surface area contributed by atoms with Crippen LogP contribution in [0, 0.1) is 5.92 Å². The lowest BCUT2D eigenvalue weighted by Crippen LogP contribution is -2.48. The van der Waals surface area contributed by atoms with Gasteiger partial charge in [0.25, 0.3) is 0 Å². The first kappa shape index (κ1) is 18.0. The van der Waals surface area contributed by atoms with E-state index in [4.69, 9.17) is 4.74 Å². The Hall–Kier alpha value is -2.37. The van der Waals surface area contributed by atoms with Crippen LogP contribution in [0.2, 0.25) is 0 Å². The van der Waals surface area contributed by atoms with Gasteiger partial charge in [0.2, 0.25) is 5.91 Å². The molecule has 1 atom stereocenters. The molecule has 1 unspecified atom stereocenters. The highest BCUT2D eigenvalue weighted by Gasteiger charge is 2.34. The smallest absolute Gasteiger partial charge is 0.225 e. The normalized spacial score (nSPS) is 20.3. The minimum Gasteiger partial charge on any atom is -0.487 e. The Morgan fingerprint density at radius 2 is 1.96 bits per heavy atom. The number of carbonyl (C=O) groups is 1. The second-order valence-electron chi connectivity index (χ2n) is 7.67. The van der Waals surface area contributed by atoms with Crippen LogP contribution < -0.4 is 4.74 Å². The maximum absolute atomic E-state index is 12.7. The van der Waals surface area contributed by atoms with Crippen molar-refractivity contribution in [2.45, 2.75) is 64.1 Å². The van der Waals surface area contributed by atoms with Crippen LogP contribution in [-0.2, 0) is 17.9 Å². The maximum atomic E-state index is 12.7. The number of carbonyl (C=O) groups excluding carboxylic acids is 1. The zero-order chi connectivity index (χ0) is 18.5. The number of hydrogen-bond acceptors (Lipinski definition) is 4. The summed E-state index contributed by atoms with van der Waals surface area (Å²) in [5, 5.41) is 8.44. The topological polar surface area (TPSA) is 60.2 Å². The molecule has 4 rings (SSSR count). The summed E-state index contributed by atoms with van der Waals surface area (Å²) in [6, 6.07) is 10.1. The summed E-state index contributed by atoms with van der Waals surface area (Å²) in [7, 11) is 0. The van der Waals surface area contributed by atoms with E-state index in [1.54, 1.807) is 0 Å².